The summed E-state index contributed by atoms with van der Waals surface area (Å²) in [4.78, 5) is 15.1. The third-order valence-corrected chi connectivity index (χ3v) is 5.66. The van der Waals surface area contributed by atoms with Crippen LogP contribution in [0.3, 0.4) is 0 Å². The molecule has 1 amide bonds. The normalized spacial score (nSPS) is 28.8. The number of carbonyl (C=O) groups is 1. The lowest BCUT2D eigenvalue weighted by molar-refractivity contribution is -0.119. The molecule has 0 spiro atoms. The molecule has 2 saturated heterocycles. The quantitative estimate of drug-likeness (QED) is 0.859. The van der Waals surface area contributed by atoms with E-state index < -0.39 is 0 Å². The van der Waals surface area contributed by atoms with E-state index in [2.05, 4.69) is 10.2 Å². The van der Waals surface area contributed by atoms with Crippen molar-refractivity contribution < 1.29 is 14.3 Å². The first-order valence-corrected chi connectivity index (χ1v) is 9.04. The van der Waals surface area contributed by atoms with Gasteiger partial charge in [-0.1, -0.05) is 6.07 Å². The van der Waals surface area contributed by atoms with Crippen LogP contribution in [0.5, 0.6) is 5.75 Å². The number of amides is 1. The number of hydrogen-bond donors (Lipinski definition) is 1. The van der Waals surface area contributed by atoms with Crippen molar-refractivity contribution in [3.8, 4) is 5.75 Å². The summed E-state index contributed by atoms with van der Waals surface area (Å²) >= 11 is 0. The molecular formula is C19H26N2O3. The number of benzene rings is 1. The number of rotatable bonds is 1. The van der Waals surface area contributed by atoms with Gasteiger partial charge in [-0.25, -0.2) is 0 Å². The molecule has 3 aliphatic heterocycles. The van der Waals surface area contributed by atoms with Crippen LogP contribution in [-0.2, 0) is 9.53 Å². The van der Waals surface area contributed by atoms with Gasteiger partial charge in [-0.15, -0.1) is 0 Å². The maximum atomic E-state index is 12.5. The second-order valence-electron chi connectivity index (χ2n) is 7.38. The lowest BCUT2D eigenvalue weighted by atomic mass is 9.80. The molecule has 2 atom stereocenters. The van der Waals surface area contributed by atoms with Gasteiger partial charge in [-0.05, 0) is 55.8 Å². The Morgan fingerprint density at radius 2 is 2.08 bits per heavy atom. The van der Waals surface area contributed by atoms with E-state index in [1.165, 1.54) is 0 Å². The average Bonchev–Trinajstić information content (AvgIpc) is 2.49. The van der Waals surface area contributed by atoms with Gasteiger partial charge in [0.1, 0.15) is 5.75 Å². The van der Waals surface area contributed by atoms with E-state index in [-0.39, 0.29) is 5.91 Å². The molecule has 4 rings (SSSR count). The molecule has 2 fully saturated rings. The highest BCUT2D eigenvalue weighted by atomic mass is 16.5. The van der Waals surface area contributed by atoms with Crippen LogP contribution >= 0.6 is 0 Å². The van der Waals surface area contributed by atoms with Gasteiger partial charge < -0.3 is 14.8 Å². The number of fused-ring (bicyclic) bond motifs is 2. The van der Waals surface area contributed by atoms with Crippen LogP contribution in [0.2, 0.25) is 0 Å². The molecular weight excluding hydrogens is 304 g/mol. The van der Waals surface area contributed by atoms with E-state index in [1.807, 2.05) is 25.1 Å². The molecule has 0 aromatic heterocycles. The van der Waals surface area contributed by atoms with Crippen LogP contribution in [0.4, 0.5) is 5.69 Å². The highest BCUT2D eigenvalue weighted by molar-refractivity contribution is 5.92. The number of carbonyl (C=O) groups excluding carboxylic acids is 1. The van der Waals surface area contributed by atoms with E-state index in [9.17, 15) is 4.79 Å². The van der Waals surface area contributed by atoms with Crippen LogP contribution in [0.15, 0.2) is 18.2 Å². The van der Waals surface area contributed by atoms with E-state index in [4.69, 9.17) is 9.47 Å². The number of hydrogen-bond acceptors (Lipinski definition) is 4. The first-order chi connectivity index (χ1) is 11.7. The number of piperidine rings is 1. The second kappa shape index (κ2) is 6.73. The van der Waals surface area contributed by atoms with Crippen LogP contribution < -0.4 is 10.1 Å². The maximum absolute atomic E-state index is 12.5. The summed E-state index contributed by atoms with van der Waals surface area (Å²) in [6, 6.07) is 6.56. The average molecular weight is 330 g/mol. The van der Waals surface area contributed by atoms with Gasteiger partial charge in [0.2, 0.25) is 5.91 Å². The lowest BCUT2D eigenvalue weighted by Gasteiger charge is -2.45. The van der Waals surface area contributed by atoms with Crippen molar-refractivity contribution >= 4 is 11.6 Å². The first kappa shape index (κ1) is 15.9. The Hall–Kier alpha value is -1.59. The Morgan fingerprint density at radius 1 is 1.21 bits per heavy atom. The number of nitrogens with zero attached hydrogens (tertiary/aromatic N) is 1. The number of aryl methyl sites for hydroxylation is 1. The van der Waals surface area contributed by atoms with Crippen LogP contribution in [-0.4, -0.2) is 49.8 Å². The summed E-state index contributed by atoms with van der Waals surface area (Å²) < 4.78 is 11.3. The summed E-state index contributed by atoms with van der Waals surface area (Å²) in [6.07, 6.45) is 2.72. The summed E-state index contributed by atoms with van der Waals surface area (Å²) in [5.74, 6) is 1.88. The van der Waals surface area contributed by atoms with Gasteiger partial charge in [0, 0.05) is 13.0 Å². The standard InChI is InChI=1S/C19H26N2O3/c1-13-2-3-18-17(8-13)20-19(22)9-14-4-6-21(16-11-23-12-16)10-15(14)5-7-24-18/h2-3,8,14-16H,4-7,9-12H2,1H3,(H,20,22)/t14-,15-/m0/s1. The second-order valence-corrected chi connectivity index (χ2v) is 7.38. The number of ether oxygens (including phenoxy) is 2. The summed E-state index contributed by atoms with van der Waals surface area (Å²) in [7, 11) is 0. The Bertz CT molecular complexity index is 615. The fourth-order valence-corrected chi connectivity index (χ4v) is 4.10. The smallest absolute Gasteiger partial charge is 0.224 e. The van der Waals surface area contributed by atoms with Crippen molar-refractivity contribution in [1.29, 1.82) is 0 Å². The third-order valence-electron chi connectivity index (χ3n) is 5.66. The molecule has 5 nitrogen and oxygen atoms in total. The zero-order valence-electron chi connectivity index (χ0n) is 14.3. The monoisotopic (exact) mass is 330 g/mol. The largest absolute Gasteiger partial charge is 0.491 e. The molecule has 24 heavy (non-hydrogen) atoms. The SMILES string of the molecule is Cc1ccc2c(c1)NC(=O)C[C@@H]1CCN(C3COC3)C[C@@H]1CCO2. The van der Waals surface area contributed by atoms with Gasteiger partial charge in [-0.3, -0.25) is 9.69 Å². The topological polar surface area (TPSA) is 50.8 Å². The van der Waals surface area contributed by atoms with E-state index in [0.717, 1.165) is 56.1 Å². The van der Waals surface area contributed by atoms with Gasteiger partial charge in [-0.2, -0.15) is 0 Å². The molecule has 0 unspecified atom stereocenters. The Labute approximate surface area is 143 Å². The van der Waals surface area contributed by atoms with Crippen molar-refractivity contribution in [1.82, 2.24) is 4.90 Å². The van der Waals surface area contributed by atoms with Crippen molar-refractivity contribution in [2.75, 3.05) is 38.2 Å². The Balaban J connectivity index is 1.49. The van der Waals surface area contributed by atoms with E-state index in [0.29, 0.717) is 30.9 Å². The molecule has 0 saturated carbocycles. The minimum absolute atomic E-state index is 0.114. The fourth-order valence-electron chi connectivity index (χ4n) is 4.10. The van der Waals surface area contributed by atoms with Crippen molar-refractivity contribution in [2.45, 2.75) is 32.2 Å². The predicted molar refractivity (Wildman–Crippen MR) is 92.3 cm³/mol. The molecule has 1 N–H and O–H groups in total. The fraction of sp³-hybridized carbons (Fsp3) is 0.632. The van der Waals surface area contributed by atoms with Gasteiger partial charge in [0.25, 0.3) is 0 Å². The Kier molecular flexibility index (Phi) is 4.46. The number of anilines is 1. The van der Waals surface area contributed by atoms with Crippen LogP contribution in [0.25, 0.3) is 0 Å². The predicted octanol–water partition coefficient (Wildman–Crippen LogP) is 2.44. The molecule has 130 valence electrons. The zero-order valence-corrected chi connectivity index (χ0v) is 14.3. The highest BCUT2D eigenvalue weighted by Gasteiger charge is 2.36. The number of nitrogens with one attached hydrogen (secondary N) is 1. The minimum Gasteiger partial charge on any atom is -0.491 e. The molecule has 5 heteroatoms. The minimum atomic E-state index is 0.114. The maximum Gasteiger partial charge on any atom is 0.224 e. The molecule has 1 aromatic carbocycles. The van der Waals surface area contributed by atoms with Crippen LogP contribution in [0, 0.1) is 18.8 Å². The lowest BCUT2D eigenvalue weighted by Crippen LogP contribution is -2.54. The Morgan fingerprint density at radius 3 is 2.88 bits per heavy atom. The van der Waals surface area contributed by atoms with Crippen molar-refractivity contribution in [3.05, 3.63) is 23.8 Å². The van der Waals surface area contributed by atoms with Gasteiger partial charge in [0.05, 0.1) is 31.5 Å². The zero-order chi connectivity index (χ0) is 16.5. The molecule has 0 radical (unpaired) electrons. The molecule has 0 aliphatic carbocycles. The van der Waals surface area contributed by atoms with Crippen molar-refractivity contribution in [2.24, 2.45) is 11.8 Å². The highest BCUT2D eigenvalue weighted by Crippen LogP contribution is 2.34. The van der Waals surface area contributed by atoms with Crippen molar-refractivity contribution in [3.63, 3.8) is 0 Å². The third kappa shape index (κ3) is 3.28. The van der Waals surface area contributed by atoms with Gasteiger partial charge in [0.15, 0.2) is 0 Å². The molecule has 1 aromatic rings. The molecule has 3 aliphatic rings. The van der Waals surface area contributed by atoms with Gasteiger partial charge >= 0.3 is 0 Å². The van der Waals surface area contributed by atoms with E-state index in [1.54, 1.807) is 0 Å². The van der Waals surface area contributed by atoms with E-state index >= 15 is 0 Å². The van der Waals surface area contributed by atoms with Crippen LogP contribution in [0.1, 0.15) is 24.8 Å². The molecule has 0 bridgehead atoms. The summed E-state index contributed by atoms with van der Waals surface area (Å²) in [5.41, 5.74) is 1.94. The summed E-state index contributed by atoms with van der Waals surface area (Å²) in [5, 5.41) is 3.06. The number of likely N-dealkylation sites (tertiary alicyclic amines) is 1. The first-order valence-electron chi connectivity index (χ1n) is 9.04. The molecule has 3 heterocycles. The summed E-state index contributed by atoms with van der Waals surface area (Å²) in [6.45, 7) is 6.61.